The largest absolute Gasteiger partial charge is 0.496 e. The molecule has 9 nitrogen and oxygen atoms in total. The van der Waals surface area contributed by atoms with Crippen molar-refractivity contribution in [3.05, 3.63) is 60.0 Å². The number of rotatable bonds is 9. The summed E-state index contributed by atoms with van der Waals surface area (Å²) in [6, 6.07) is 10.9. The van der Waals surface area contributed by atoms with E-state index in [1.807, 2.05) is 28.0 Å². The topological polar surface area (TPSA) is 98.6 Å². The molecule has 2 heterocycles. The first-order chi connectivity index (χ1) is 24.1. The fourth-order valence-electron chi connectivity index (χ4n) is 8.22. The first kappa shape index (κ1) is 35.9. The maximum Gasteiger partial charge on any atom is 0.407 e. The minimum Gasteiger partial charge on any atom is -0.496 e. The Hall–Kier alpha value is -3.88. The summed E-state index contributed by atoms with van der Waals surface area (Å²) in [5.74, 6) is 2.56. The number of alkyl carbamates (subject to hydrolysis) is 1. The second kappa shape index (κ2) is 16.0. The average molecular weight is 684 g/mol. The molecule has 0 spiro atoms. The molecule has 3 aromatic rings. The second-order valence-corrected chi connectivity index (χ2v) is 16.0. The van der Waals surface area contributed by atoms with E-state index in [4.69, 9.17) is 14.5 Å². The van der Waals surface area contributed by atoms with Crippen molar-refractivity contribution in [1.82, 2.24) is 20.1 Å². The predicted octanol–water partition coefficient (Wildman–Crippen LogP) is 8.94. The number of carbonyl (C=O) groups excluding carboxylic acids is 2. The van der Waals surface area contributed by atoms with Crippen molar-refractivity contribution < 1.29 is 19.1 Å². The number of carbonyl (C=O) groups is 2. The Labute approximate surface area is 298 Å². The summed E-state index contributed by atoms with van der Waals surface area (Å²) < 4.78 is 13.3. The highest BCUT2D eigenvalue weighted by atomic mass is 16.6. The van der Waals surface area contributed by atoms with Crippen molar-refractivity contribution in [3.63, 3.8) is 0 Å². The first-order valence-corrected chi connectivity index (χ1v) is 19.0. The van der Waals surface area contributed by atoms with Crippen molar-refractivity contribution in [2.45, 2.75) is 135 Å². The molecule has 1 aromatic carbocycles. The molecule has 270 valence electrons. The summed E-state index contributed by atoms with van der Waals surface area (Å²) in [6.07, 6.45) is 18.1. The van der Waals surface area contributed by atoms with Gasteiger partial charge in [-0.1, -0.05) is 31.4 Å². The number of benzene rings is 1. The fourth-order valence-corrected chi connectivity index (χ4v) is 8.22. The van der Waals surface area contributed by atoms with Gasteiger partial charge in [-0.15, -0.1) is 0 Å². The van der Waals surface area contributed by atoms with Crippen LogP contribution in [0.2, 0.25) is 0 Å². The maximum absolute atomic E-state index is 14.5. The van der Waals surface area contributed by atoms with Crippen LogP contribution >= 0.6 is 0 Å². The van der Waals surface area contributed by atoms with Crippen molar-refractivity contribution in [3.8, 4) is 16.9 Å². The van der Waals surface area contributed by atoms with Crippen LogP contribution in [0.15, 0.2) is 48.9 Å². The summed E-state index contributed by atoms with van der Waals surface area (Å²) in [5.41, 5.74) is 4.44. The van der Waals surface area contributed by atoms with Crippen LogP contribution in [-0.2, 0) is 15.1 Å². The number of anilines is 1. The molecule has 2 aromatic heterocycles. The molecule has 0 aliphatic heterocycles. The third kappa shape index (κ3) is 8.88. The van der Waals surface area contributed by atoms with Crippen LogP contribution in [0, 0.1) is 18.8 Å². The SMILES string of the molecule is COc1ccc([C@H]2CC[C@H](CN(c3cc(-c4cnn(C(C)(C)C)c4)ccn3)C(=O)[C@H]3CC[C@H](OC(=O)NC4CCCCC4)CC3)CC2)cc1C. The molecule has 0 atom stereocenters. The fraction of sp³-hybridized carbons (Fsp3) is 0.610. The van der Waals surface area contributed by atoms with Crippen LogP contribution < -0.4 is 15.0 Å². The Balaban J connectivity index is 1.14. The number of hydrogen-bond donors (Lipinski definition) is 1. The third-order valence-electron chi connectivity index (χ3n) is 11.3. The number of amides is 2. The molecule has 0 saturated heterocycles. The molecule has 2 amide bonds. The smallest absolute Gasteiger partial charge is 0.407 e. The summed E-state index contributed by atoms with van der Waals surface area (Å²) in [6.45, 7) is 9.17. The molecule has 3 aliphatic rings. The maximum atomic E-state index is 14.5. The molecule has 0 radical (unpaired) electrons. The van der Waals surface area contributed by atoms with Gasteiger partial charge in [0.1, 0.15) is 17.7 Å². The minimum absolute atomic E-state index is 0.121. The van der Waals surface area contributed by atoms with Gasteiger partial charge in [0.25, 0.3) is 0 Å². The van der Waals surface area contributed by atoms with Gasteiger partial charge >= 0.3 is 6.09 Å². The number of nitrogens with zero attached hydrogens (tertiary/aromatic N) is 4. The average Bonchev–Trinajstić information content (AvgIpc) is 3.63. The normalized spacial score (nSPS) is 23.2. The van der Waals surface area contributed by atoms with E-state index in [0.717, 1.165) is 68.2 Å². The highest BCUT2D eigenvalue weighted by Gasteiger charge is 2.34. The molecule has 9 heteroatoms. The van der Waals surface area contributed by atoms with Gasteiger partial charge < -0.3 is 14.8 Å². The molecule has 1 N–H and O–H groups in total. The predicted molar refractivity (Wildman–Crippen MR) is 197 cm³/mol. The van der Waals surface area contributed by atoms with E-state index in [9.17, 15) is 9.59 Å². The Bertz CT molecular complexity index is 1590. The molecular weight excluding hydrogens is 626 g/mol. The molecule has 0 bridgehead atoms. The molecule has 0 unspecified atom stereocenters. The number of hydrogen-bond acceptors (Lipinski definition) is 6. The lowest BCUT2D eigenvalue weighted by Gasteiger charge is -2.36. The number of methoxy groups -OCH3 is 1. The van der Waals surface area contributed by atoms with Gasteiger partial charge in [-0.25, -0.2) is 9.78 Å². The lowest BCUT2D eigenvalue weighted by atomic mass is 9.78. The molecule has 3 saturated carbocycles. The molecular formula is C41H57N5O4. The number of aromatic nitrogens is 3. The van der Waals surface area contributed by atoms with Gasteiger partial charge in [0.2, 0.25) is 5.91 Å². The first-order valence-electron chi connectivity index (χ1n) is 19.0. The molecule has 50 heavy (non-hydrogen) atoms. The summed E-state index contributed by atoms with van der Waals surface area (Å²) in [4.78, 5) is 33.9. The van der Waals surface area contributed by atoms with E-state index in [2.05, 4.69) is 68.6 Å². The lowest BCUT2D eigenvalue weighted by molar-refractivity contribution is -0.124. The lowest BCUT2D eigenvalue weighted by Crippen LogP contribution is -2.43. The van der Waals surface area contributed by atoms with E-state index in [1.54, 1.807) is 7.11 Å². The van der Waals surface area contributed by atoms with Crippen molar-refractivity contribution in [2.75, 3.05) is 18.6 Å². The van der Waals surface area contributed by atoms with Crippen LogP contribution in [0.25, 0.3) is 11.1 Å². The zero-order chi connectivity index (χ0) is 35.3. The van der Waals surface area contributed by atoms with Gasteiger partial charge in [-0.2, -0.15) is 5.10 Å². The van der Waals surface area contributed by atoms with Gasteiger partial charge in [-0.3, -0.25) is 14.4 Å². The Morgan fingerprint density at radius 2 is 1.66 bits per heavy atom. The highest BCUT2D eigenvalue weighted by Crippen LogP contribution is 2.39. The van der Waals surface area contributed by atoms with E-state index >= 15 is 0 Å². The number of ether oxygens (including phenoxy) is 2. The van der Waals surface area contributed by atoms with Gasteiger partial charge in [0.15, 0.2) is 0 Å². The van der Waals surface area contributed by atoms with E-state index in [0.29, 0.717) is 49.9 Å². The summed E-state index contributed by atoms with van der Waals surface area (Å²) in [5, 5.41) is 7.69. The van der Waals surface area contributed by atoms with Crippen molar-refractivity contribution >= 4 is 17.8 Å². The van der Waals surface area contributed by atoms with Crippen molar-refractivity contribution in [2.24, 2.45) is 11.8 Å². The van der Waals surface area contributed by atoms with Crippen LogP contribution in [0.5, 0.6) is 5.75 Å². The minimum atomic E-state index is -0.301. The van der Waals surface area contributed by atoms with Gasteiger partial charge in [-0.05, 0) is 139 Å². The number of nitrogens with one attached hydrogen (secondary N) is 1. The Morgan fingerprint density at radius 3 is 2.32 bits per heavy atom. The monoisotopic (exact) mass is 683 g/mol. The van der Waals surface area contributed by atoms with E-state index < -0.39 is 0 Å². The van der Waals surface area contributed by atoms with Gasteiger partial charge in [0.05, 0.1) is 18.8 Å². The van der Waals surface area contributed by atoms with Crippen molar-refractivity contribution in [1.29, 1.82) is 0 Å². The molecule has 6 rings (SSSR count). The molecule has 3 fully saturated rings. The second-order valence-electron chi connectivity index (χ2n) is 16.0. The molecule has 3 aliphatic carbocycles. The van der Waals surface area contributed by atoms with Crippen LogP contribution in [-0.4, -0.2) is 52.6 Å². The van der Waals surface area contributed by atoms with Crippen LogP contribution in [0.4, 0.5) is 10.6 Å². The van der Waals surface area contributed by atoms with Crippen LogP contribution in [0.3, 0.4) is 0 Å². The quantitative estimate of drug-likeness (QED) is 0.242. The van der Waals surface area contributed by atoms with Crippen LogP contribution in [0.1, 0.15) is 121 Å². The Morgan fingerprint density at radius 1 is 0.920 bits per heavy atom. The zero-order valence-electron chi connectivity index (χ0n) is 30.8. The Kier molecular flexibility index (Phi) is 11.5. The summed E-state index contributed by atoms with van der Waals surface area (Å²) in [7, 11) is 1.72. The zero-order valence-corrected chi connectivity index (χ0v) is 30.8. The third-order valence-corrected chi connectivity index (χ3v) is 11.3. The highest BCUT2D eigenvalue weighted by molar-refractivity contribution is 5.94. The van der Waals surface area contributed by atoms with Gasteiger partial charge in [0, 0.05) is 36.5 Å². The standard InChI is InChI=1S/C41H57N5O4/c1-28-23-32(17-20-37(28)49-5)30-13-11-29(12-14-30)26-45(38-24-33(21-22-42-38)34-25-43-46(27-34)41(2,3)4)39(47)31-15-18-36(19-16-31)50-40(48)44-35-9-7-6-8-10-35/h17,20-25,27,29-31,35-36H,6-16,18-19,26H2,1-5H3,(H,44,48)/t29-,30-,31-,36-. The van der Waals surface area contributed by atoms with E-state index in [-0.39, 0.29) is 35.6 Å². The van der Waals surface area contributed by atoms with E-state index in [1.165, 1.54) is 17.5 Å². The summed E-state index contributed by atoms with van der Waals surface area (Å²) >= 11 is 0. The number of aryl methyl sites for hydroxylation is 1. The number of pyridine rings is 1.